The number of ether oxygens (including phenoxy) is 1. The molecule has 5 nitrogen and oxygen atoms in total. The van der Waals surface area contributed by atoms with Crippen molar-refractivity contribution in [3.8, 4) is 11.5 Å². The summed E-state index contributed by atoms with van der Waals surface area (Å²) in [5.74, 6) is 0.0710. The first-order valence-corrected chi connectivity index (χ1v) is 8.90. The number of esters is 1. The second-order valence-corrected chi connectivity index (χ2v) is 6.59. The number of carbonyl (C=O) groups excluding carboxylic acids is 1. The van der Waals surface area contributed by atoms with Crippen molar-refractivity contribution in [3.63, 3.8) is 0 Å². The summed E-state index contributed by atoms with van der Waals surface area (Å²) in [5, 5.41) is 13.2. The zero-order chi connectivity index (χ0) is 19.6. The van der Waals surface area contributed by atoms with E-state index in [1.54, 1.807) is 12.1 Å². The van der Waals surface area contributed by atoms with Gasteiger partial charge in [0.15, 0.2) is 5.60 Å². The van der Waals surface area contributed by atoms with Crippen molar-refractivity contribution < 1.29 is 19.1 Å². The summed E-state index contributed by atoms with van der Waals surface area (Å²) in [6, 6.07) is 22.6. The van der Waals surface area contributed by atoms with Gasteiger partial charge in [0.2, 0.25) is 5.89 Å². The Labute approximate surface area is 162 Å². The molecule has 0 aliphatic rings. The number of hydrogen-bond acceptors (Lipinski definition) is 5. The summed E-state index contributed by atoms with van der Waals surface area (Å²) in [4.78, 5) is 16.8. The Hall–Kier alpha value is -3.44. The normalized spacial score (nSPS) is 13.2. The number of methoxy groups -OCH3 is 1. The van der Waals surface area contributed by atoms with Gasteiger partial charge in [0, 0.05) is 5.56 Å². The van der Waals surface area contributed by atoms with E-state index >= 15 is 0 Å². The minimum Gasteiger partial charge on any atom is -0.467 e. The Bertz CT molecular complexity index is 1120. The SMILES string of the molecule is COC(=O)[C@](O)(Cc1cnc(-c2ccccc2)o1)c1ccc2ccccc2c1. The van der Waals surface area contributed by atoms with Crippen LogP contribution in [0.5, 0.6) is 0 Å². The summed E-state index contributed by atoms with van der Waals surface area (Å²) < 4.78 is 10.7. The lowest BCUT2D eigenvalue weighted by Gasteiger charge is -2.25. The van der Waals surface area contributed by atoms with Crippen LogP contribution in [0.25, 0.3) is 22.2 Å². The molecule has 4 aromatic rings. The van der Waals surface area contributed by atoms with Gasteiger partial charge >= 0.3 is 5.97 Å². The fourth-order valence-electron chi connectivity index (χ4n) is 3.26. The molecule has 0 saturated heterocycles. The fourth-order valence-corrected chi connectivity index (χ4v) is 3.26. The van der Waals surface area contributed by atoms with Crippen LogP contribution in [0, 0.1) is 0 Å². The fraction of sp³-hybridized carbons (Fsp3) is 0.130. The minimum absolute atomic E-state index is 0.0855. The topological polar surface area (TPSA) is 72.6 Å². The Kier molecular flexibility index (Phi) is 4.67. The molecule has 1 atom stereocenters. The van der Waals surface area contributed by atoms with Crippen LogP contribution < -0.4 is 0 Å². The number of aliphatic hydroxyl groups is 1. The van der Waals surface area contributed by atoms with Crippen LogP contribution in [0.4, 0.5) is 0 Å². The Morgan fingerprint density at radius 2 is 1.75 bits per heavy atom. The van der Waals surface area contributed by atoms with Gasteiger partial charge < -0.3 is 14.3 Å². The van der Waals surface area contributed by atoms with Crippen molar-refractivity contribution in [2.45, 2.75) is 12.0 Å². The minimum atomic E-state index is -1.88. The molecular formula is C23H19NO4. The number of fused-ring (bicyclic) bond motifs is 1. The molecule has 0 spiro atoms. The highest BCUT2D eigenvalue weighted by molar-refractivity contribution is 5.87. The maximum absolute atomic E-state index is 12.5. The predicted molar refractivity (Wildman–Crippen MR) is 106 cm³/mol. The van der Waals surface area contributed by atoms with Gasteiger partial charge in [0.05, 0.1) is 19.7 Å². The van der Waals surface area contributed by atoms with Crippen molar-refractivity contribution in [2.75, 3.05) is 7.11 Å². The number of benzene rings is 3. The van der Waals surface area contributed by atoms with Crippen LogP contribution in [0.15, 0.2) is 83.4 Å². The van der Waals surface area contributed by atoms with E-state index in [9.17, 15) is 9.90 Å². The third-order valence-electron chi connectivity index (χ3n) is 4.75. The van der Waals surface area contributed by atoms with E-state index in [4.69, 9.17) is 9.15 Å². The number of rotatable bonds is 5. The highest BCUT2D eigenvalue weighted by atomic mass is 16.5. The molecule has 0 radical (unpaired) electrons. The molecule has 1 heterocycles. The van der Waals surface area contributed by atoms with Gasteiger partial charge in [-0.25, -0.2) is 9.78 Å². The summed E-state index contributed by atoms with van der Waals surface area (Å²) >= 11 is 0. The number of aromatic nitrogens is 1. The summed E-state index contributed by atoms with van der Waals surface area (Å²) in [5.41, 5.74) is -0.622. The zero-order valence-electron chi connectivity index (χ0n) is 15.3. The average Bonchev–Trinajstić information content (AvgIpc) is 3.21. The second kappa shape index (κ2) is 7.29. The molecule has 0 aliphatic heterocycles. The number of oxazole rings is 1. The predicted octanol–water partition coefficient (Wildman–Crippen LogP) is 4.10. The third-order valence-corrected chi connectivity index (χ3v) is 4.75. The van der Waals surface area contributed by atoms with Gasteiger partial charge in [-0.2, -0.15) is 0 Å². The maximum Gasteiger partial charge on any atom is 0.343 e. The Balaban J connectivity index is 1.71. The first-order valence-electron chi connectivity index (χ1n) is 8.90. The van der Waals surface area contributed by atoms with Crippen LogP contribution in [-0.4, -0.2) is 23.2 Å². The van der Waals surface area contributed by atoms with Crippen LogP contribution in [0.2, 0.25) is 0 Å². The van der Waals surface area contributed by atoms with E-state index in [-0.39, 0.29) is 6.42 Å². The molecular weight excluding hydrogens is 354 g/mol. The number of hydrogen-bond donors (Lipinski definition) is 1. The molecule has 0 fully saturated rings. The highest BCUT2D eigenvalue weighted by Gasteiger charge is 2.41. The van der Waals surface area contributed by atoms with E-state index in [1.165, 1.54) is 13.3 Å². The largest absolute Gasteiger partial charge is 0.467 e. The van der Waals surface area contributed by atoms with Crippen molar-refractivity contribution >= 4 is 16.7 Å². The Morgan fingerprint density at radius 3 is 2.50 bits per heavy atom. The second-order valence-electron chi connectivity index (χ2n) is 6.59. The lowest BCUT2D eigenvalue weighted by atomic mass is 9.88. The van der Waals surface area contributed by atoms with Gasteiger partial charge in [-0.3, -0.25) is 0 Å². The standard InChI is InChI=1S/C23H19NO4/c1-27-22(25)23(26,19-12-11-16-7-5-6-10-18(16)13-19)14-20-15-24-21(28-20)17-8-3-2-4-9-17/h2-13,15,26H,14H2,1H3/t23-/m0/s1. The average molecular weight is 373 g/mol. The van der Waals surface area contributed by atoms with Gasteiger partial charge in [-0.1, -0.05) is 54.6 Å². The number of nitrogens with zero attached hydrogens (tertiary/aromatic N) is 1. The molecule has 0 unspecified atom stereocenters. The van der Waals surface area contributed by atoms with Crippen molar-refractivity contribution in [2.24, 2.45) is 0 Å². The Morgan fingerprint density at radius 1 is 1.04 bits per heavy atom. The van der Waals surface area contributed by atoms with E-state index in [1.807, 2.05) is 60.7 Å². The lowest BCUT2D eigenvalue weighted by Crippen LogP contribution is -2.39. The van der Waals surface area contributed by atoms with E-state index in [2.05, 4.69) is 4.98 Å². The molecule has 140 valence electrons. The van der Waals surface area contributed by atoms with Crippen molar-refractivity contribution in [1.82, 2.24) is 4.98 Å². The molecule has 0 bridgehead atoms. The highest BCUT2D eigenvalue weighted by Crippen LogP contribution is 2.31. The summed E-state index contributed by atoms with van der Waals surface area (Å²) in [6.45, 7) is 0. The van der Waals surface area contributed by atoms with Crippen LogP contribution >= 0.6 is 0 Å². The summed E-state index contributed by atoms with van der Waals surface area (Å²) in [7, 11) is 1.25. The molecule has 5 heteroatoms. The van der Waals surface area contributed by atoms with Crippen LogP contribution in [0.1, 0.15) is 11.3 Å². The van der Waals surface area contributed by atoms with E-state index in [0.29, 0.717) is 17.2 Å². The van der Waals surface area contributed by atoms with Gasteiger partial charge in [-0.15, -0.1) is 0 Å². The molecule has 0 saturated carbocycles. The van der Waals surface area contributed by atoms with Gasteiger partial charge in [-0.05, 0) is 34.5 Å². The monoisotopic (exact) mass is 373 g/mol. The molecule has 1 N–H and O–H groups in total. The molecule has 1 aromatic heterocycles. The van der Waals surface area contributed by atoms with Crippen molar-refractivity contribution in [1.29, 1.82) is 0 Å². The van der Waals surface area contributed by atoms with Gasteiger partial charge in [0.25, 0.3) is 0 Å². The lowest BCUT2D eigenvalue weighted by molar-refractivity contribution is -0.163. The van der Waals surface area contributed by atoms with E-state index < -0.39 is 11.6 Å². The summed E-state index contributed by atoms with van der Waals surface area (Å²) in [6.07, 6.45) is 1.44. The van der Waals surface area contributed by atoms with Crippen molar-refractivity contribution in [3.05, 3.63) is 90.3 Å². The van der Waals surface area contributed by atoms with E-state index in [0.717, 1.165) is 16.3 Å². The third kappa shape index (κ3) is 3.28. The molecule has 0 amide bonds. The molecule has 0 aliphatic carbocycles. The van der Waals surface area contributed by atoms with Crippen LogP contribution in [0.3, 0.4) is 0 Å². The zero-order valence-corrected chi connectivity index (χ0v) is 15.3. The van der Waals surface area contributed by atoms with Crippen LogP contribution in [-0.2, 0) is 21.6 Å². The first-order chi connectivity index (χ1) is 13.6. The smallest absolute Gasteiger partial charge is 0.343 e. The first kappa shape index (κ1) is 17.9. The maximum atomic E-state index is 12.5. The molecule has 3 aromatic carbocycles. The number of carbonyl (C=O) groups is 1. The molecule has 28 heavy (non-hydrogen) atoms. The molecule has 4 rings (SSSR count). The quantitative estimate of drug-likeness (QED) is 0.533. The van der Waals surface area contributed by atoms with Gasteiger partial charge in [0.1, 0.15) is 5.76 Å².